The number of halogens is 3. The molecule has 2 rings (SSSR count). The number of anilines is 1. The van der Waals surface area contributed by atoms with Crippen molar-refractivity contribution in [2.24, 2.45) is 5.84 Å². The summed E-state index contributed by atoms with van der Waals surface area (Å²) in [6.07, 6.45) is -5.17. The highest BCUT2D eigenvalue weighted by molar-refractivity contribution is 7.16. The molecule has 3 N–H and O–H groups in total. The van der Waals surface area contributed by atoms with Gasteiger partial charge >= 0.3 is 6.18 Å². The van der Waals surface area contributed by atoms with Gasteiger partial charge in [-0.2, -0.15) is 18.2 Å². The summed E-state index contributed by atoms with van der Waals surface area (Å²) in [6.45, 7) is -0.0640. The van der Waals surface area contributed by atoms with E-state index in [1.807, 2.05) is 0 Å². The third-order valence-corrected chi connectivity index (χ3v) is 3.07. The van der Waals surface area contributed by atoms with Crippen molar-refractivity contribution in [2.45, 2.75) is 19.0 Å². The number of aromatic nitrogens is 2. The van der Waals surface area contributed by atoms with Crippen LogP contribution in [0.5, 0.6) is 5.88 Å². The average Bonchev–Trinajstić information content (AvgIpc) is 2.81. The van der Waals surface area contributed by atoms with E-state index >= 15 is 0 Å². The molecule has 19 heavy (non-hydrogen) atoms. The molecule has 104 valence electrons. The quantitative estimate of drug-likeness (QED) is 0.503. The Morgan fingerprint density at radius 2 is 2.16 bits per heavy atom. The van der Waals surface area contributed by atoms with Crippen LogP contribution in [0.15, 0.2) is 11.4 Å². The summed E-state index contributed by atoms with van der Waals surface area (Å²) in [4.78, 5) is 8.74. The first-order valence-electron chi connectivity index (χ1n) is 5.41. The zero-order valence-electron chi connectivity index (χ0n) is 9.70. The van der Waals surface area contributed by atoms with E-state index in [2.05, 4.69) is 15.4 Å². The minimum atomic E-state index is -4.17. The Hall–Kier alpha value is -1.61. The first-order valence-corrected chi connectivity index (χ1v) is 6.29. The van der Waals surface area contributed by atoms with Crippen LogP contribution in [0.25, 0.3) is 10.2 Å². The number of nitrogen functional groups attached to an aromatic ring is 1. The summed E-state index contributed by atoms with van der Waals surface area (Å²) in [6, 6.07) is 1.75. The maximum absolute atomic E-state index is 12.0. The third kappa shape index (κ3) is 3.67. The largest absolute Gasteiger partial charge is 0.477 e. The summed E-state index contributed by atoms with van der Waals surface area (Å²) in [5.41, 5.74) is 2.29. The highest BCUT2D eigenvalue weighted by Crippen LogP contribution is 2.28. The molecule has 0 aliphatic rings. The molecule has 0 aliphatic heterocycles. The van der Waals surface area contributed by atoms with Gasteiger partial charge in [-0.15, -0.1) is 11.3 Å². The van der Waals surface area contributed by atoms with E-state index in [-0.39, 0.29) is 24.9 Å². The number of hydrogen-bond donors (Lipinski definition) is 2. The van der Waals surface area contributed by atoms with Gasteiger partial charge in [0.1, 0.15) is 4.83 Å². The molecule has 0 aromatic carbocycles. The van der Waals surface area contributed by atoms with Crippen molar-refractivity contribution in [3.8, 4) is 5.88 Å². The number of nitrogens with one attached hydrogen (secondary N) is 1. The monoisotopic (exact) mass is 292 g/mol. The van der Waals surface area contributed by atoms with Crippen molar-refractivity contribution in [2.75, 3.05) is 12.0 Å². The summed E-state index contributed by atoms with van der Waals surface area (Å²) in [7, 11) is 0. The second kappa shape index (κ2) is 5.57. The van der Waals surface area contributed by atoms with Crippen molar-refractivity contribution in [1.29, 1.82) is 0 Å². The van der Waals surface area contributed by atoms with E-state index < -0.39 is 12.6 Å². The van der Waals surface area contributed by atoms with Gasteiger partial charge in [0.25, 0.3) is 0 Å². The van der Waals surface area contributed by atoms with Crippen molar-refractivity contribution >= 4 is 27.5 Å². The lowest BCUT2D eigenvalue weighted by Gasteiger charge is -2.09. The van der Waals surface area contributed by atoms with Gasteiger partial charge in [-0.05, 0) is 17.9 Å². The van der Waals surface area contributed by atoms with Crippen LogP contribution in [0.2, 0.25) is 0 Å². The predicted octanol–water partition coefficient (Wildman–Crippen LogP) is 2.70. The minimum absolute atomic E-state index is 0.0640. The first kappa shape index (κ1) is 13.8. The molecule has 0 radical (unpaired) electrons. The van der Waals surface area contributed by atoms with Crippen LogP contribution in [0.4, 0.5) is 19.1 Å². The van der Waals surface area contributed by atoms with Gasteiger partial charge in [-0.1, -0.05) is 0 Å². The van der Waals surface area contributed by atoms with Gasteiger partial charge < -0.3 is 4.74 Å². The molecule has 0 atom stereocenters. The lowest BCUT2D eigenvalue weighted by Crippen LogP contribution is -2.12. The lowest BCUT2D eigenvalue weighted by molar-refractivity contribution is -0.136. The number of ether oxygens (including phenoxy) is 1. The van der Waals surface area contributed by atoms with Crippen molar-refractivity contribution in [3.05, 3.63) is 11.4 Å². The maximum atomic E-state index is 12.0. The number of hydrogen-bond acceptors (Lipinski definition) is 6. The normalized spacial score (nSPS) is 11.8. The van der Waals surface area contributed by atoms with E-state index in [1.54, 1.807) is 11.4 Å². The number of hydrazine groups is 1. The van der Waals surface area contributed by atoms with E-state index in [0.29, 0.717) is 10.2 Å². The Balaban J connectivity index is 2.05. The standard InChI is InChI=1S/C10H11F3N4OS/c11-10(12,13)3-1-4-18-7-6-2-5-19-8(6)16-9(15-7)17-14/h2,5H,1,3-4,14H2,(H,15,16,17). The van der Waals surface area contributed by atoms with E-state index in [0.717, 1.165) is 0 Å². The first-order chi connectivity index (χ1) is 8.99. The van der Waals surface area contributed by atoms with Gasteiger partial charge in [-0.25, -0.2) is 10.8 Å². The predicted molar refractivity (Wildman–Crippen MR) is 66.0 cm³/mol. The van der Waals surface area contributed by atoms with Crippen molar-refractivity contribution in [3.63, 3.8) is 0 Å². The number of rotatable bonds is 5. The second-order valence-corrected chi connectivity index (χ2v) is 4.60. The highest BCUT2D eigenvalue weighted by atomic mass is 32.1. The fourth-order valence-electron chi connectivity index (χ4n) is 1.44. The lowest BCUT2D eigenvalue weighted by atomic mass is 10.3. The van der Waals surface area contributed by atoms with Crippen LogP contribution in [-0.2, 0) is 0 Å². The minimum Gasteiger partial charge on any atom is -0.477 e. The molecular formula is C10H11F3N4OS. The Morgan fingerprint density at radius 1 is 1.37 bits per heavy atom. The molecule has 0 aliphatic carbocycles. The van der Waals surface area contributed by atoms with Crippen LogP contribution in [0.1, 0.15) is 12.8 Å². The van der Waals surface area contributed by atoms with Gasteiger partial charge in [0.05, 0.1) is 12.0 Å². The fourth-order valence-corrected chi connectivity index (χ4v) is 2.20. The number of fused-ring (bicyclic) bond motifs is 1. The van der Waals surface area contributed by atoms with E-state index in [9.17, 15) is 13.2 Å². The molecule has 2 aromatic heterocycles. The average molecular weight is 292 g/mol. The zero-order chi connectivity index (χ0) is 13.9. The van der Waals surface area contributed by atoms with Gasteiger partial charge in [0.2, 0.25) is 11.8 Å². The van der Waals surface area contributed by atoms with Crippen molar-refractivity contribution in [1.82, 2.24) is 9.97 Å². The summed E-state index contributed by atoms with van der Waals surface area (Å²) in [5.74, 6) is 5.62. The highest BCUT2D eigenvalue weighted by Gasteiger charge is 2.26. The molecule has 0 bridgehead atoms. The third-order valence-electron chi connectivity index (χ3n) is 2.26. The van der Waals surface area contributed by atoms with Crippen LogP contribution < -0.4 is 16.0 Å². The van der Waals surface area contributed by atoms with Crippen LogP contribution in [0.3, 0.4) is 0 Å². The second-order valence-electron chi connectivity index (χ2n) is 3.70. The number of thiophene rings is 1. The SMILES string of the molecule is NNc1nc(OCCCC(F)(F)F)c2ccsc2n1. The topological polar surface area (TPSA) is 73.1 Å². The Labute approximate surface area is 110 Å². The van der Waals surface area contributed by atoms with E-state index in [4.69, 9.17) is 10.6 Å². The molecule has 9 heteroatoms. The molecule has 2 heterocycles. The number of nitrogens with zero attached hydrogens (tertiary/aromatic N) is 2. The molecule has 5 nitrogen and oxygen atoms in total. The molecule has 2 aromatic rings. The van der Waals surface area contributed by atoms with Crippen LogP contribution >= 0.6 is 11.3 Å². The van der Waals surface area contributed by atoms with Crippen LogP contribution in [-0.4, -0.2) is 22.8 Å². The Kier molecular flexibility index (Phi) is 4.05. The molecule has 0 saturated carbocycles. The fraction of sp³-hybridized carbons (Fsp3) is 0.400. The smallest absolute Gasteiger partial charge is 0.389 e. The molecular weight excluding hydrogens is 281 g/mol. The van der Waals surface area contributed by atoms with Gasteiger partial charge in [0.15, 0.2) is 0 Å². The summed E-state index contributed by atoms with van der Waals surface area (Å²) in [5, 5.41) is 2.46. The van der Waals surface area contributed by atoms with Crippen molar-refractivity contribution < 1.29 is 17.9 Å². The van der Waals surface area contributed by atoms with E-state index in [1.165, 1.54) is 11.3 Å². The molecule has 0 spiro atoms. The van der Waals surface area contributed by atoms with Crippen LogP contribution in [0, 0.1) is 0 Å². The van der Waals surface area contributed by atoms with Gasteiger partial charge in [0, 0.05) is 6.42 Å². The molecule has 0 amide bonds. The maximum Gasteiger partial charge on any atom is 0.389 e. The number of alkyl halides is 3. The number of nitrogens with two attached hydrogens (primary N) is 1. The molecule has 0 unspecified atom stereocenters. The molecule has 0 saturated heterocycles. The summed E-state index contributed by atoms with van der Waals surface area (Å²) >= 11 is 1.37. The summed E-state index contributed by atoms with van der Waals surface area (Å²) < 4.78 is 41.3. The zero-order valence-corrected chi connectivity index (χ0v) is 10.5. The molecule has 0 fully saturated rings. The Morgan fingerprint density at radius 3 is 2.84 bits per heavy atom. The van der Waals surface area contributed by atoms with Gasteiger partial charge in [-0.3, -0.25) is 5.43 Å². The Bertz CT molecular complexity index is 557.